The van der Waals surface area contributed by atoms with E-state index in [4.69, 9.17) is 4.74 Å². The largest absolute Gasteiger partial charge is 0.488 e. The SMILES string of the molecule is C[C@@H]1CN([C@@H](C)CO)C(=O)Cc2cc(NC(=O)NC3CCCCC3)ccc2O[C@@H]1CN(C)S(=O)(=O)c1ccccc1. The molecule has 41 heavy (non-hydrogen) atoms. The van der Waals surface area contributed by atoms with Crippen molar-refractivity contribution in [2.75, 3.05) is 32.1 Å². The zero-order valence-electron chi connectivity index (χ0n) is 24.1. The van der Waals surface area contributed by atoms with Crippen molar-refractivity contribution < 1.29 is 27.9 Å². The molecule has 224 valence electrons. The third-order valence-electron chi connectivity index (χ3n) is 8.00. The number of carbonyl (C=O) groups excluding carboxylic acids is 2. The molecular weight excluding hydrogens is 544 g/mol. The van der Waals surface area contributed by atoms with Crippen molar-refractivity contribution in [2.45, 2.75) is 75.5 Å². The lowest BCUT2D eigenvalue weighted by molar-refractivity contribution is -0.134. The van der Waals surface area contributed by atoms with Crippen LogP contribution in [0.1, 0.15) is 51.5 Å². The Morgan fingerprint density at radius 3 is 2.54 bits per heavy atom. The highest BCUT2D eigenvalue weighted by Crippen LogP contribution is 2.30. The number of sulfonamides is 1. The molecule has 1 aliphatic heterocycles. The van der Waals surface area contributed by atoms with Crippen molar-refractivity contribution in [2.24, 2.45) is 5.92 Å². The van der Waals surface area contributed by atoms with Gasteiger partial charge in [-0.3, -0.25) is 4.79 Å². The fraction of sp³-hybridized carbons (Fsp3) is 0.533. The van der Waals surface area contributed by atoms with Crippen LogP contribution in [0.5, 0.6) is 5.75 Å². The highest BCUT2D eigenvalue weighted by atomic mass is 32.2. The summed E-state index contributed by atoms with van der Waals surface area (Å²) < 4.78 is 34.3. The second-order valence-corrected chi connectivity index (χ2v) is 13.3. The van der Waals surface area contributed by atoms with Crippen LogP contribution in [-0.4, -0.2) is 79.6 Å². The molecule has 0 unspecified atom stereocenters. The molecule has 2 aromatic carbocycles. The number of hydrogen-bond donors (Lipinski definition) is 3. The average Bonchev–Trinajstić information content (AvgIpc) is 3.01. The number of hydrogen-bond acceptors (Lipinski definition) is 6. The van der Waals surface area contributed by atoms with Crippen molar-refractivity contribution in [3.63, 3.8) is 0 Å². The summed E-state index contributed by atoms with van der Waals surface area (Å²) >= 11 is 0. The number of carbonyl (C=O) groups is 2. The van der Waals surface area contributed by atoms with Gasteiger partial charge in [0.25, 0.3) is 0 Å². The molecule has 0 aromatic heterocycles. The Kier molecular flexibility index (Phi) is 10.3. The number of aliphatic hydroxyl groups is 1. The van der Waals surface area contributed by atoms with Crippen molar-refractivity contribution >= 4 is 27.6 Å². The van der Waals surface area contributed by atoms with Gasteiger partial charge >= 0.3 is 6.03 Å². The van der Waals surface area contributed by atoms with Crippen molar-refractivity contribution in [1.29, 1.82) is 0 Å². The number of nitrogens with zero attached hydrogens (tertiary/aromatic N) is 2. The van der Waals surface area contributed by atoms with Crippen molar-refractivity contribution in [1.82, 2.24) is 14.5 Å². The first-order chi connectivity index (χ1) is 19.6. The quantitative estimate of drug-likeness (QED) is 0.434. The van der Waals surface area contributed by atoms with Crippen LogP contribution < -0.4 is 15.4 Å². The van der Waals surface area contributed by atoms with Gasteiger partial charge in [-0.2, -0.15) is 4.31 Å². The van der Waals surface area contributed by atoms with Gasteiger partial charge in [-0.15, -0.1) is 0 Å². The zero-order chi connectivity index (χ0) is 29.6. The van der Waals surface area contributed by atoms with E-state index in [1.807, 2.05) is 6.92 Å². The van der Waals surface area contributed by atoms with E-state index >= 15 is 0 Å². The lowest BCUT2D eigenvalue weighted by Gasteiger charge is -2.33. The number of urea groups is 1. The van der Waals surface area contributed by atoms with E-state index < -0.39 is 22.2 Å². The molecule has 3 atom stereocenters. The maximum absolute atomic E-state index is 13.5. The number of anilines is 1. The molecule has 1 fully saturated rings. The number of nitrogens with one attached hydrogen (secondary N) is 2. The molecular formula is C30H42N4O6S. The molecule has 0 saturated heterocycles. The van der Waals surface area contributed by atoms with E-state index in [9.17, 15) is 23.1 Å². The van der Waals surface area contributed by atoms with Gasteiger partial charge in [0.2, 0.25) is 15.9 Å². The first kappa shape index (κ1) is 30.8. The minimum Gasteiger partial charge on any atom is -0.488 e. The number of ether oxygens (including phenoxy) is 1. The van der Waals surface area contributed by atoms with Crippen molar-refractivity contribution in [3.05, 3.63) is 54.1 Å². The summed E-state index contributed by atoms with van der Waals surface area (Å²) in [5.74, 6) is 0.0156. The third-order valence-corrected chi connectivity index (χ3v) is 9.84. The second kappa shape index (κ2) is 13.7. The van der Waals surface area contributed by atoms with Crippen LogP contribution in [0.4, 0.5) is 10.5 Å². The first-order valence-corrected chi connectivity index (χ1v) is 15.8. The first-order valence-electron chi connectivity index (χ1n) is 14.4. The maximum atomic E-state index is 13.5. The number of aliphatic hydroxyl groups excluding tert-OH is 1. The minimum atomic E-state index is -3.77. The molecule has 10 nitrogen and oxygen atoms in total. The van der Waals surface area contributed by atoms with Crippen LogP contribution in [-0.2, 0) is 21.2 Å². The number of likely N-dealkylation sites (N-methyl/N-ethyl adjacent to an activating group) is 1. The number of rotatable bonds is 8. The van der Waals surface area contributed by atoms with E-state index in [0.29, 0.717) is 17.0 Å². The molecule has 2 aromatic rings. The minimum absolute atomic E-state index is 0.0109. The van der Waals surface area contributed by atoms with Crippen LogP contribution in [0.15, 0.2) is 53.4 Å². The molecule has 1 aliphatic carbocycles. The van der Waals surface area contributed by atoms with E-state index in [0.717, 1.165) is 25.7 Å². The zero-order valence-corrected chi connectivity index (χ0v) is 24.9. The Hall–Kier alpha value is -3.15. The van der Waals surface area contributed by atoms with Gasteiger partial charge < -0.3 is 25.4 Å². The topological polar surface area (TPSA) is 128 Å². The summed E-state index contributed by atoms with van der Waals surface area (Å²) in [6.07, 6.45) is 4.75. The molecule has 4 rings (SSSR count). The molecule has 11 heteroatoms. The third kappa shape index (κ3) is 7.78. The Labute approximate surface area is 243 Å². The Morgan fingerprint density at radius 1 is 1.15 bits per heavy atom. The molecule has 3 amide bonds. The monoisotopic (exact) mass is 586 g/mol. The summed E-state index contributed by atoms with van der Waals surface area (Å²) in [5, 5.41) is 15.8. The second-order valence-electron chi connectivity index (χ2n) is 11.2. The maximum Gasteiger partial charge on any atom is 0.319 e. The van der Waals surface area contributed by atoms with E-state index in [2.05, 4.69) is 10.6 Å². The van der Waals surface area contributed by atoms with Gasteiger partial charge in [0.1, 0.15) is 11.9 Å². The molecule has 0 bridgehead atoms. The Bertz CT molecular complexity index is 1300. The molecule has 2 aliphatic rings. The lowest BCUT2D eigenvalue weighted by atomic mass is 9.96. The van der Waals surface area contributed by atoms with Gasteiger partial charge in [0.15, 0.2) is 0 Å². The smallest absolute Gasteiger partial charge is 0.319 e. The van der Waals surface area contributed by atoms with Crippen LogP contribution in [0.3, 0.4) is 0 Å². The van der Waals surface area contributed by atoms with E-state index in [1.165, 1.54) is 17.8 Å². The standard InChI is InChI=1S/C30H42N4O6S/c1-21-18-34(22(2)20-35)29(36)17-23-16-25(32-30(37)31-24-10-6-4-7-11-24)14-15-27(23)40-28(21)19-33(3)41(38,39)26-12-8-5-9-13-26/h5,8-9,12-16,21-22,24,28,35H,4,6-7,10-11,17-20H2,1-3H3,(H2,31,32,37)/t21-,22+,28-/m1/s1. The van der Waals surface area contributed by atoms with Gasteiger partial charge in [-0.25, -0.2) is 13.2 Å². The predicted molar refractivity (Wildman–Crippen MR) is 157 cm³/mol. The van der Waals surface area contributed by atoms with Crippen LogP contribution in [0.2, 0.25) is 0 Å². The summed E-state index contributed by atoms with van der Waals surface area (Å²) in [6.45, 7) is 3.82. The summed E-state index contributed by atoms with van der Waals surface area (Å²) in [4.78, 5) is 27.9. The van der Waals surface area contributed by atoms with E-state index in [-0.39, 0.29) is 54.9 Å². The molecule has 0 spiro atoms. The van der Waals surface area contributed by atoms with Crippen LogP contribution >= 0.6 is 0 Å². The number of amides is 3. The summed E-state index contributed by atoms with van der Waals surface area (Å²) in [5.41, 5.74) is 1.11. The Morgan fingerprint density at radius 2 is 1.85 bits per heavy atom. The summed E-state index contributed by atoms with van der Waals surface area (Å²) in [7, 11) is -2.25. The highest BCUT2D eigenvalue weighted by Gasteiger charge is 2.33. The molecule has 3 N–H and O–H groups in total. The van der Waals surface area contributed by atoms with Gasteiger partial charge in [0.05, 0.1) is 30.5 Å². The fourth-order valence-corrected chi connectivity index (χ4v) is 6.65. The molecule has 1 heterocycles. The normalized spacial score (nSPS) is 21.2. The highest BCUT2D eigenvalue weighted by molar-refractivity contribution is 7.89. The van der Waals surface area contributed by atoms with Crippen LogP contribution in [0.25, 0.3) is 0 Å². The number of benzene rings is 2. The lowest BCUT2D eigenvalue weighted by Crippen LogP contribution is -2.48. The van der Waals surface area contributed by atoms with Crippen LogP contribution in [0, 0.1) is 5.92 Å². The molecule has 1 saturated carbocycles. The average molecular weight is 587 g/mol. The van der Waals surface area contributed by atoms with Gasteiger partial charge in [-0.05, 0) is 50.1 Å². The van der Waals surface area contributed by atoms with E-state index in [1.54, 1.807) is 60.4 Å². The molecule has 0 radical (unpaired) electrons. The number of fused-ring (bicyclic) bond motifs is 1. The Balaban J connectivity index is 1.59. The van der Waals surface area contributed by atoms with Gasteiger partial charge in [-0.1, -0.05) is 44.4 Å². The predicted octanol–water partition coefficient (Wildman–Crippen LogP) is 3.61. The summed E-state index contributed by atoms with van der Waals surface area (Å²) in [6, 6.07) is 12.8. The van der Waals surface area contributed by atoms with Gasteiger partial charge in [0, 0.05) is 36.8 Å². The fourth-order valence-electron chi connectivity index (χ4n) is 5.45. The van der Waals surface area contributed by atoms with Crippen molar-refractivity contribution in [3.8, 4) is 5.75 Å².